The Kier molecular flexibility index (Phi) is 4.96. The van der Waals surface area contributed by atoms with E-state index in [2.05, 4.69) is 53.4 Å². The van der Waals surface area contributed by atoms with E-state index in [4.69, 9.17) is 5.73 Å². The minimum Gasteiger partial charge on any atom is -0.366 e. The van der Waals surface area contributed by atoms with Gasteiger partial charge in [0, 0.05) is 22.7 Å². The fourth-order valence-corrected chi connectivity index (χ4v) is 2.75. The lowest BCUT2D eigenvalue weighted by atomic mass is 9.92. The average Bonchev–Trinajstić information content (AvgIpc) is 1.96. The van der Waals surface area contributed by atoms with Crippen molar-refractivity contribution in [2.45, 2.75) is 72.5 Å². The second-order valence-corrected chi connectivity index (χ2v) is 6.67. The average molecular weight is 240 g/mol. The topological polar surface area (TPSA) is 46.3 Å². The van der Waals surface area contributed by atoms with Gasteiger partial charge in [-0.2, -0.15) is 0 Å². The molecule has 3 nitrogen and oxygen atoms in total. The molecule has 0 aliphatic rings. The van der Waals surface area contributed by atoms with Gasteiger partial charge < -0.3 is 5.73 Å². The van der Waals surface area contributed by atoms with Gasteiger partial charge in [0.1, 0.15) is 0 Å². The lowest BCUT2D eigenvalue weighted by Gasteiger charge is -2.48. The first-order valence-electron chi connectivity index (χ1n) is 6.15. The monoisotopic (exact) mass is 240 g/mol. The van der Waals surface area contributed by atoms with Crippen molar-refractivity contribution in [2.75, 3.05) is 0 Å². The molecule has 0 fully saturated rings. The van der Waals surface area contributed by atoms with Gasteiger partial charge in [-0.25, -0.2) is 0 Å². The number of amides is 1. The molecule has 0 spiro atoms. The van der Waals surface area contributed by atoms with Crippen molar-refractivity contribution in [2.24, 2.45) is 5.73 Å². The number of nitrogens with two attached hydrogens (primary N) is 1. The number of rotatable bonds is 3. The van der Waals surface area contributed by atoms with Gasteiger partial charge in [-0.05, 0) is 55.4 Å². The number of primary amides is 1. The zero-order valence-electron chi connectivity index (χ0n) is 12.6. The van der Waals surface area contributed by atoms with Gasteiger partial charge in [0.2, 0.25) is 5.91 Å². The highest BCUT2D eigenvalue weighted by molar-refractivity contribution is 5.91. The van der Waals surface area contributed by atoms with Crippen molar-refractivity contribution < 1.29 is 4.79 Å². The number of hydrogen-bond donors (Lipinski definition) is 1. The third-order valence-electron chi connectivity index (χ3n) is 2.73. The SMILES string of the molecule is C/C(=C\C(C)N(C(C)(C)C)C(C)(C)C)C(N)=O. The summed E-state index contributed by atoms with van der Waals surface area (Å²) in [6.07, 6.45) is 1.94. The van der Waals surface area contributed by atoms with E-state index >= 15 is 0 Å². The van der Waals surface area contributed by atoms with Crippen molar-refractivity contribution in [1.29, 1.82) is 0 Å². The molecule has 0 aromatic carbocycles. The van der Waals surface area contributed by atoms with E-state index in [0.29, 0.717) is 5.57 Å². The predicted molar refractivity (Wildman–Crippen MR) is 73.8 cm³/mol. The molecule has 0 aromatic heterocycles. The highest BCUT2D eigenvalue weighted by Crippen LogP contribution is 2.28. The van der Waals surface area contributed by atoms with Crippen LogP contribution in [0.4, 0.5) is 0 Å². The molecule has 1 amide bonds. The molecule has 3 heteroatoms. The lowest BCUT2D eigenvalue weighted by Crippen LogP contribution is -2.56. The first-order valence-corrected chi connectivity index (χ1v) is 6.15. The molecule has 0 aliphatic heterocycles. The van der Waals surface area contributed by atoms with Gasteiger partial charge in [0.15, 0.2) is 0 Å². The van der Waals surface area contributed by atoms with Crippen LogP contribution >= 0.6 is 0 Å². The highest BCUT2D eigenvalue weighted by Gasteiger charge is 2.34. The molecule has 100 valence electrons. The first-order chi connectivity index (χ1) is 7.37. The van der Waals surface area contributed by atoms with Gasteiger partial charge >= 0.3 is 0 Å². The summed E-state index contributed by atoms with van der Waals surface area (Å²) in [5, 5.41) is 0. The molecule has 0 aliphatic carbocycles. The molecule has 0 saturated heterocycles. The van der Waals surface area contributed by atoms with Crippen LogP contribution in [0.5, 0.6) is 0 Å². The van der Waals surface area contributed by atoms with Crippen molar-refractivity contribution in [3.05, 3.63) is 11.6 Å². The molecule has 17 heavy (non-hydrogen) atoms. The highest BCUT2D eigenvalue weighted by atomic mass is 16.1. The summed E-state index contributed by atoms with van der Waals surface area (Å²) >= 11 is 0. The Labute approximate surface area is 106 Å². The number of carbonyl (C=O) groups excluding carboxylic acids is 1. The molecule has 2 N–H and O–H groups in total. The summed E-state index contributed by atoms with van der Waals surface area (Å²) in [5.74, 6) is -0.348. The fraction of sp³-hybridized carbons (Fsp3) is 0.786. The van der Waals surface area contributed by atoms with Gasteiger partial charge in [0.05, 0.1) is 0 Å². The Morgan fingerprint density at radius 1 is 1.12 bits per heavy atom. The second-order valence-electron chi connectivity index (χ2n) is 6.67. The minimum atomic E-state index is -0.348. The lowest BCUT2D eigenvalue weighted by molar-refractivity contribution is -0.114. The van der Waals surface area contributed by atoms with Gasteiger partial charge in [-0.3, -0.25) is 9.69 Å². The Balaban J connectivity index is 5.24. The van der Waals surface area contributed by atoms with Crippen molar-refractivity contribution in [1.82, 2.24) is 4.90 Å². The zero-order valence-corrected chi connectivity index (χ0v) is 12.6. The summed E-state index contributed by atoms with van der Waals surface area (Å²) in [6, 6.07) is 0.169. The molecule has 0 radical (unpaired) electrons. The minimum absolute atomic E-state index is 0.0338. The molecule has 1 atom stereocenters. The molecule has 1 unspecified atom stereocenters. The maximum Gasteiger partial charge on any atom is 0.244 e. The van der Waals surface area contributed by atoms with E-state index in [0.717, 1.165) is 0 Å². The first kappa shape index (κ1) is 16.2. The van der Waals surface area contributed by atoms with E-state index in [1.165, 1.54) is 0 Å². The molecule has 0 saturated carbocycles. The Morgan fingerprint density at radius 3 is 1.71 bits per heavy atom. The maximum atomic E-state index is 11.1. The van der Waals surface area contributed by atoms with E-state index in [1.54, 1.807) is 6.92 Å². The normalized spacial score (nSPS) is 16.2. The van der Waals surface area contributed by atoms with Gasteiger partial charge in [-0.15, -0.1) is 0 Å². The van der Waals surface area contributed by atoms with E-state index < -0.39 is 0 Å². The Hall–Kier alpha value is -0.830. The van der Waals surface area contributed by atoms with Crippen LogP contribution in [0, 0.1) is 0 Å². The van der Waals surface area contributed by atoms with Crippen LogP contribution in [0.1, 0.15) is 55.4 Å². The maximum absolute atomic E-state index is 11.1. The second kappa shape index (κ2) is 5.21. The van der Waals surface area contributed by atoms with Crippen LogP contribution in [0.25, 0.3) is 0 Å². The van der Waals surface area contributed by atoms with Gasteiger partial charge in [0.25, 0.3) is 0 Å². The molecule has 0 rings (SSSR count). The Morgan fingerprint density at radius 2 is 1.47 bits per heavy atom. The third kappa shape index (κ3) is 4.90. The number of nitrogens with zero attached hydrogens (tertiary/aromatic N) is 1. The van der Waals surface area contributed by atoms with E-state index in [9.17, 15) is 4.79 Å². The molecular weight excluding hydrogens is 212 g/mol. The summed E-state index contributed by atoms with van der Waals surface area (Å²) in [7, 11) is 0. The van der Waals surface area contributed by atoms with E-state index in [-0.39, 0.29) is 23.0 Å². The van der Waals surface area contributed by atoms with Crippen molar-refractivity contribution >= 4 is 5.91 Å². The van der Waals surface area contributed by atoms with Crippen LogP contribution in [0.2, 0.25) is 0 Å². The zero-order chi connectivity index (χ0) is 14.0. The van der Waals surface area contributed by atoms with E-state index in [1.807, 2.05) is 6.08 Å². The largest absolute Gasteiger partial charge is 0.366 e. The van der Waals surface area contributed by atoms with Crippen LogP contribution in [0.15, 0.2) is 11.6 Å². The summed E-state index contributed by atoms with van der Waals surface area (Å²) < 4.78 is 0. The van der Waals surface area contributed by atoms with Gasteiger partial charge in [-0.1, -0.05) is 6.08 Å². The smallest absolute Gasteiger partial charge is 0.244 e. The predicted octanol–water partition coefficient (Wildman–Crippen LogP) is 2.71. The van der Waals surface area contributed by atoms with Crippen LogP contribution in [-0.2, 0) is 4.79 Å². The molecule has 0 bridgehead atoms. The van der Waals surface area contributed by atoms with Crippen LogP contribution in [-0.4, -0.2) is 27.9 Å². The Bertz CT molecular complexity index is 291. The van der Waals surface area contributed by atoms with Crippen molar-refractivity contribution in [3.63, 3.8) is 0 Å². The van der Waals surface area contributed by atoms with Crippen LogP contribution < -0.4 is 5.73 Å². The fourth-order valence-electron chi connectivity index (χ4n) is 2.75. The summed E-state index contributed by atoms with van der Waals surface area (Å²) in [6.45, 7) is 17.0. The molecule has 0 aromatic rings. The van der Waals surface area contributed by atoms with Crippen LogP contribution in [0.3, 0.4) is 0 Å². The standard InChI is InChI=1S/C14H28N2O/c1-10(12(15)17)9-11(2)16(13(3,4)5)14(6,7)8/h9,11H,1-8H3,(H2,15,17)/b10-9+. The number of hydrogen-bond acceptors (Lipinski definition) is 2. The van der Waals surface area contributed by atoms with Crippen molar-refractivity contribution in [3.8, 4) is 0 Å². The molecule has 0 heterocycles. The summed E-state index contributed by atoms with van der Waals surface area (Å²) in [4.78, 5) is 13.5. The summed E-state index contributed by atoms with van der Waals surface area (Å²) in [5.41, 5.74) is 5.97. The third-order valence-corrected chi connectivity index (χ3v) is 2.73. The number of carbonyl (C=O) groups is 1. The molecular formula is C14H28N2O. The quantitative estimate of drug-likeness (QED) is 0.771.